The first-order valence-corrected chi connectivity index (χ1v) is 10.2. The van der Waals surface area contributed by atoms with Gasteiger partial charge in [-0.15, -0.1) is 0 Å². The standard InChI is InChI=1S/C20H19BrF3NO4/c1-3-28-19(29-4-2)11-6-7-12(19)16-15(11)17(26)25(18(16)27)10-5-8-14(21)13(9-10)20(22,23)24/h5-9,11-12,15-16H,3-4H2,1-2H3/t11-,12+,15+,16-. The Morgan fingerprint density at radius 2 is 1.55 bits per heavy atom. The van der Waals surface area contributed by atoms with Crippen LogP contribution in [0.15, 0.2) is 34.8 Å². The van der Waals surface area contributed by atoms with Gasteiger partial charge < -0.3 is 9.47 Å². The maximum absolute atomic E-state index is 13.3. The van der Waals surface area contributed by atoms with E-state index < -0.39 is 53.0 Å². The summed E-state index contributed by atoms with van der Waals surface area (Å²) in [5, 5.41) is 0. The van der Waals surface area contributed by atoms with Gasteiger partial charge in [0.05, 0.1) is 23.1 Å². The van der Waals surface area contributed by atoms with E-state index in [9.17, 15) is 22.8 Å². The predicted octanol–water partition coefficient (Wildman–Crippen LogP) is 4.16. The van der Waals surface area contributed by atoms with Crippen LogP contribution >= 0.6 is 15.9 Å². The summed E-state index contributed by atoms with van der Waals surface area (Å²) in [6.45, 7) is 4.32. The van der Waals surface area contributed by atoms with Crippen LogP contribution in [0.25, 0.3) is 0 Å². The average molecular weight is 474 g/mol. The van der Waals surface area contributed by atoms with Crippen molar-refractivity contribution in [2.45, 2.75) is 25.8 Å². The summed E-state index contributed by atoms with van der Waals surface area (Å²) in [6, 6.07) is 3.36. The molecule has 1 aliphatic heterocycles. The molecule has 3 aliphatic rings. The van der Waals surface area contributed by atoms with Crippen LogP contribution in [0, 0.1) is 23.7 Å². The van der Waals surface area contributed by atoms with Gasteiger partial charge in [0.25, 0.3) is 0 Å². The van der Waals surface area contributed by atoms with E-state index in [1.165, 1.54) is 12.1 Å². The molecule has 2 fully saturated rings. The van der Waals surface area contributed by atoms with Crippen molar-refractivity contribution in [3.63, 3.8) is 0 Å². The number of hydrogen-bond acceptors (Lipinski definition) is 4. The first-order valence-electron chi connectivity index (χ1n) is 9.38. The molecule has 0 radical (unpaired) electrons. The van der Waals surface area contributed by atoms with E-state index in [0.717, 1.165) is 11.0 Å². The Bertz CT molecular complexity index is 860. The summed E-state index contributed by atoms with van der Waals surface area (Å²) in [5.74, 6) is -4.46. The molecule has 0 N–H and O–H groups in total. The van der Waals surface area contributed by atoms with Crippen LogP contribution in [0.5, 0.6) is 0 Å². The Hall–Kier alpha value is -1.71. The molecule has 5 nitrogen and oxygen atoms in total. The van der Waals surface area contributed by atoms with E-state index in [1.54, 1.807) is 0 Å². The molecule has 4 atom stereocenters. The number of hydrogen-bond donors (Lipinski definition) is 0. The number of benzene rings is 1. The second kappa shape index (κ2) is 6.92. The molecule has 1 saturated carbocycles. The number of fused-ring (bicyclic) bond motifs is 5. The van der Waals surface area contributed by atoms with Gasteiger partial charge in [-0.2, -0.15) is 13.2 Å². The zero-order valence-electron chi connectivity index (χ0n) is 15.7. The molecule has 2 amide bonds. The summed E-state index contributed by atoms with van der Waals surface area (Å²) >= 11 is 2.88. The van der Waals surface area contributed by atoms with Crippen molar-refractivity contribution in [3.05, 3.63) is 40.4 Å². The van der Waals surface area contributed by atoms with Crippen molar-refractivity contribution in [2.75, 3.05) is 18.1 Å². The zero-order chi connectivity index (χ0) is 21.1. The predicted molar refractivity (Wildman–Crippen MR) is 101 cm³/mol. The number of imide groups is 1. The Morgan fingerprint density at radius 3 is 2.00 bits per heavy atom. The fourth-order valence-corrected chi connectivity index (χ4v) is 5.41. The lowest BCUT2D eigenvalue weighted by atomic mass is 9.85. The van der Waals surface area contributed by atoms with E-state index in [4.69, 9.17) is 9.47 Å². The fourth-order valence-electron chi connectivity index (χ4n) is 4.94. The highest BCUT2D eigenvalue weighted by Crippen LogP contribution is 2.60. The highest BCUT2D eigenvalue weighted by atomic mass is 79.9. The topological polar surface area (TPSA) is 55.8 Å². The van der Waals surface area contributed by atoms with Gasteiger partial charge in [-0.05, 0) is 32.0 Å². The first kappa shape index (κ1) is 20.6. The molecular weight excluding hydrogens is 455 g/mol. The minimum atomic E-state index is -4.61. The van der Waals surface area contributed by atoms with Crippen LogP contribution in [0.1, 0.15) is 19.4 Å². The first-order chi connectivity index (χ1) is 13.7. The third-order valence-electron chi connectivity index (χ3n) is 5.88. The normalized spacial score (nSPS) is 29.8. The van der Waals surface area contributed by atoms with E-state index in [2.05, 4.69) is 15.9 Å². The van der Waals surface area contributed by atoms with Crippen molar-refractivity contribution in [3.8, 4) is 0 Å². The van der Waals surface area contributed by atoms with Crippen molar-refractivity contribution in [1.29, 1.82) is 0 Å². The van der Waals surface area contributed by atoms with Gasteiger partial charge in [0.2, 0.25) is 11.8 Å². The molecule has 1 aromatic rings. The third kappa shape index (κ3) is 2.81. The molecule has 2 bridgehead atoms. The van der Waals surface area contributed by atoms with E-state index in [0.29, 0.717) is 13.2 Å². The SMILES string of the molecule is CCOC1(OCC)[C@@H]2C=C[C@H]1[C@H]1C(=O)N(c3ccc(Br)c(C(F)(F)F)c3)C(=O)[C@H]12. The maximum Gasteiger partial charge on any atom is 0.417 e. The van der Waals surface area contributed by atoms with Crippen molar-refractivity contribution >= 4 is 33.4 Å². The van der Waals surface area contributed by atoms with Crippen molar-refractivity contribution in [2.24, 2.45) is 23.7 Å². The van der Waals surface area contributed by atoms with E-state index in [-0.39, 0.29) is 10.2 Å². The van der Waals surface area contributed by atoms with Gasteiger partial charge >= 0.3 is 6.18 Å². The molecule has 2 aliphatic carbocycles. The van der Waals surface area contributed by atoms with Gasteiger partial charge in [0, 0.05) is 29.5 Å². The van der Waals surface area contributed by atoms with Crippen LogP contribution in [0.2, 0.25) is 0 Å². The van der Waals surface area contributed by atoms with Gasteiger partial charge in [0.1, 0.15) is 0 Å². The maximum atomic E-state index is 13.3. The summed E-state index contributed by atoms with van der Waals surface area (Å²) < 4.78 is 51.5. The Balaban J connectivity index is 1.73. The number of nitrogens with zero attached hydrogens (tertiary/aromatic N) is 1. The van der Waals surface area contributed by atoms with Gasteiger partial charge in [-0.3, -0.25) is 9.59 Å². The van der Waals surface area contributed by atoms with Gasteiger partial charge in [-0.25, -0.2) is 4.90 Å². The second-order valence-corrected chi connectivity index (χ2v) is 8.10. The minimum Gasteiger partial charge on any atom is -0.349 e. The molecule has 0 unspecified atom stereocenters. The second-order valence-electron chi connectivity index (χ2n) is 7.25. The Kier molecular flexibility index (Phi) is 4.91. The molecule has 9 heteroatoms. The average Bonchev–Trinajstić information content (AvgIpc) is 3.21. The summed E-state index contributed by atoms with van der Waals surface area (Å²) in [6.07, 6.45) is -0.959. The summed E-state index contributed by atoms with van der Waals surface area (Å²) in [5.41, 5.74) is -1.02. The third-order valence-corrected chi connectivity index (χ3v) is 6.57. The summed E-state index contributed by atoms with van der Waals surface area (Å²) in [4.78, 5) is 27.3. The minimum absolute atomic E-state index is 0.0808. The molecular formula is C20H19BrF3NO4. The Morgan fingerprint density at radius 1 is 1.03 bits per heavy atom. The number of carbonyl (C=O) groups is 2. The fraction of sp³-hybridized carbons (Fsp3) is 0.500. The van der Waals surface area contributed by atoms with Crippen LogP contribution in [-0.2, 0) is 25.2 Å². The molecule has 1 saturated heterocycles. The zero-order valence-corrected chi connectivity index (χ0v) is 17.3. The van der Waals surface area contributed by atoms with Gasteiger partial charge in [-0.1, -0.05) is 28.1 Å². The van der Waals surface area contributed by atoms with Gasteiger partial charge in [0.15, 0.2) is 5.79 Å². The van der Waals surface area contributed by atoms with Crippen LogP contribution < -0.4 is 4.90 Å². The Labute approximate surface area is 174 Å². The van der Waals surface area contributed by atoms with Crippen LogP contribution in [-0.4, -0.2) is 30.8 Å². The lowest BCUT2D eigenvalue weighted by molar-refractivity contribution is -0.258. The number of rotatable bonds is 5. The largest absolute Gasteiger partial charge is 0.417 e. The number of ether oxygens (including phenoxy) is 2. The molecule has 1 aromatic carbocycles. The quantitative estimate of drug-likeness (QED) is 0.366. The highest BCUT2D eigenvalue weighted by Gasteiger charge is 2.71. The molecule has 1 heterocycles. The number of amides is 2. The molecule has 0 aromatic heterocycles. The lowest BCUT2D eigenvalue weighted by Gasteiger charge is -2.36. The van der Waals surface area contributed by atoms with Crippen molar-refractivity contribution < 1.29 is 32.2 Å². The summed E-state index contributed by atoms with van der Waals surface area (Å²) in [7, 11) is 0. The number of alkyl halides is 3. The molecule has 156 valence electrons. The van der Waals surface area contributed by atoms with E-state index in [1.807, 2.05) is 26.0 Å². The molecule has 4 rings (SSSR count). The smallest absolute Gasteiger partial charge is 0.349 e. The van der Waals surface area contributed by atoms with Crippen LogP contribution in [0.3, 0.4) is 0 Å². The molecule has 0 spiro atoms. The highest BCUT2D eigenvalue weighted by molar-refractivity contribution is 9.10. The van der Waals surface area contributed by atoms with E-state index >= 15 is 0 Å². The molecule has 29 heavy (non-hydrogen) atoms. The lowest BCUT2D eigenvalue weighted by Crippen LogP contribution is -2.46. The number of anilines is 1. The van der Waals surface area contributed by atoms with Crippen LogP contribution in [0.4, 0.5) is 18.9 Å². The number of carbonyl (C=O) groups excluding carboxylic acids is 2. The monoisotopic (exact) mass is 473 g/mol. The van der Waals surface area contributed by atoms with Crippen molar-refractivity contribution in [1.82, 2.24) is 0 Å². The number of halogens is 4.